The molecule has 0 aliphatic carbocycles. The van der Waals surface area contributed by atoms with Crippen molar-refractivity contribution in [2.75, 3.05) is 5.01 Å². The molecule has 1 amide bonds. The molecule has 0 N–H and O–H groups in total. The van der Waals surface area contributed by atoms with Gasteiger partial charge in [-0.25, -0.2) is 0 Å². The summed E-state index contributed by atoms with van der Waals surface area (Å²) in [5.41, 5.74) is 3.38. The first-order valence-electron chi connectivity index (χ1n) is 7.88. The minimum atomic E-state index is -0.207. The average Bonchev–Trinajstić information content (AvgIpc) is 3.31. The highest BCUT2D eigenvalue weighted by molar-refractivity contribution is 6.36. The van der Waals surface area contributed by atoms with Gasteiger partial charge < -0.3 is 4.42 Å². The molecule has 0 saturated heterocycles. The molecule has 6 heteroatoms. The van der Waals surface area contributed by atoms with E-state index >= 15 is 0 Å². The van der Waals surface area contributed by atoms with E-state index in [1.165, 1.54) is 5.01 Å². The van der Waals surface area contributed by atoms with Gasteiger partial charge in [-0.1, -0.05) is 18.2 Å². The number of carbonyl (C=O) groups excluding carboxylic acids is 1. The summed E-state index contributed by atoms with van der Waals surface area (Å²) in [6.45, 7) is 1.96. The maximum Gasteiger partial charge on any atom is 0.281 e. The second-order valence-corrected chi connectivity index (χ2v) is 5.77. The third kappa shape index (κ3) is 2.67. The van der Waals surface area contributed by atoms with Gasteiger partial charge in [0.2, 0.25) is 0 Å². The van der Waals surface area contributed by atoms with Gasteiger partial charge in [-0.3, -0.25) is 9.48 Å². The van der Waals surface area contributed by atoms with Crippen LogP contribution in [0.25, 0.3) is 6.08 Å². The van der Waals surface area contributed by atoms with Crippen molar-refractivity contribution in [2.45, 2.75) is 6.92 Å². The van der Waals surface area contributed by atoms with E-state index in [0.717, 1.165) is 5.69 Å². The highest BCUT2D eigenvalue weighted by Gasteiger charge is 2.33. The van der Waals surface area contributed by atoms with Gasteiger partial charge in [0, 0.05) is 12.7 Å². The number of benzene rings is 1. The smallest absolute Gasteiger partial charge is 0.281 e. The molecule has 25 heavy (non-hydrogen) atoms. The molecule has 6 nitrogen and oxygen atoms in total. The molecule has 3 heterocycles. The topological polar surface area (TPSA) is 63.6 Å². The maximum atomic E-state index is 13.0. The van der Waals surface area contributed by atoms with Crippen LogP contribution in [-0.2, 0) is 11.8 Å². The number of amides is 1. The predicted octanol–water partition coefficient (Wildman–Crippen LogP) is 3.16. The Morgan fingerprint density at radius 2 is 1.92 bits per heavy atom. The Morgan fingerprint density at radius 3 is 2.56 bits per heavy atom. The van der Waals surface area contributed by atoms with Crippen LogP contribution in [0.5, 0.6) is 0 Å². The van der Waals surface area contributed by atoms with E-state index in [0.29, 0.717) is 28.4 Å². The average molecular weight is 332 g/mol. The molecule has 0 saturated carbocycles. The minimum absolute atomic E-state index is 0.207. The third-order valence-corrected chi connectivity index (χ3v) is 4.06. The van der Waals surface area contributed by atoms with Crippen molar-refractivity contribution < 1.29 is 9.21 Å². The van der Waals surface area contributed by atoms with Gasteiger partial charge in [-0.2, -0.15) is 15.2 Å². The zero-order valence-electron chi connectivity index (χ0n) is 13.9. The summed E-state index contributed by atoms with van der Waals surface area (Å²) in [5, 5.41) is 10.3. The van der Waals surface area contributed by atoms with Crippen molar-refractivity contribution in [2.24, 2.45) is 12.1 Å². The summed E-state index contributed by atoms with van der Waals surface area (Å²) in [6.07, 6.45) is 3.32. The van der Waals surface area contributed by atoms with Crippen LogP contribution in [0.1, 0.15) is 17.1 Å². The summed E-state index contributed by atoms with van der Waals surface area (Å²) in [6, 6.07) is 14.8. The van der Waals surface area contributed by atoms with Crippen LogP contribution in [0.2, 0.25) is 0 Å². The molecular weight excluding hydrogens is 316 g/mol. The number of aryl methyl sites for hydroxylation is 2. The molecule has 0 atom stereocenters. The van der Waals surface area contributed by atoms with E-state index in [-0.39, 0.29) is 5.91 Å². The maximum absolute atomic E-state index is 13.0. The van der Waals surface area contributed by atoms with Gasteiger partial charge >= 0.3 is 0 Å². The van der Waals surface area contributed by atoms with Gasteiger partial charge in [0.25, 0.3) is 5.91 Å². The normalized spacial score (nSPS) is 15.9. The molecule has 1 aliphatic heterocycles. The van der Waals surface area contributed by atoms with Crippen molar-refractivity contribution in [3.05, 3.63) is 77.5 Å². The Labute approximate surface area is 144 Å². The second-order valence-electron chi connectivity index (χ2n) is 5.77. The highest BCUT2D eigenvalue weighted by Crippen LogP contribution is 2.27. The highest BCUT2D eigenvalue weighted by atomic mass is 16.3. The molecule has 124 valence electrons. The number of hydrazone groups is 1. The van der Waals surface area contributed by atoms with Crippen LogP contribution < -0.4 is 5.01 Å². The Bertz CT molecular complexity index is 962. The van der Waals surface area contributed by atoms with Crippen molar-refractivity contribution in [3.8, 4) is 0 Å². The number of hydrogen-bond acceptors (Lipinski definition) is 4. The van der Waals surface area contributed by atoms with Crippen LogP contribution in [0.4, 0.5) is 5.69 Å². The number of anilines is 1. The first-order valence-corrected chi connectivity index (χ1v) is 7.88. The lowest BCUT2D eigenvalue weighted by Gasteiger charge is -2.10. The molecule has 4 rings (SSSR count). The largest absolute Gasteiger partial charge is 0.463 e. The summed E-state index contributed by atoms with van der Waals surface area (Å²) in [5.74, 6) is 0.339. The summed E-state index contributed by atoms with van der Waals surface area (Å²) in [4.78, 5) is 13.0. The molecule has 0 radical (unpaired) electrons. The standard InChI is InChI=1S/C19H16N4O2/c1-13-11-14(20-22(13)2)12-16-18(17-9-6-10-25-17)21-23(19(16)24)15-7-4-3-5-8-15/h3-12H,1-2H3. The first-order chi connectivity index (χ1) is 12.1. The number of para-hydroxylation sites is 1. The number of furan rings is 1. The Morgan fingerprint density at radius 1 is 1.12 bits per heavy atom. The fraction of sp³-hybridized carbons (Fsp3) is 0.105. The molecule has 3 aromatic rings. The lowest BCUT2D eigenvalue weighted by atomic mass is 10.1. The molecule has 2 aromatic heterocycles. The first kappa shape index (κ1) is 15.1. The molecule has 0 unspecified atom stereocenters. The van der Waals surface area contributed by atoms with Crippen molar-refractivity contribution in [3.63, 3.8) is 0 Å². The predicted molar refractivity (Wildman–Crippen MR) is 95.1 cm³/mol. The molecule has 0 fully saturated rings. The zero-order valence-corrected chi connectivity index (χ0v) is 13.9. The number of nitrogens with zero attached hydrogens (tertiary/aromatic N) is 4. The van der Waals surface area contributed by atoms with Crippen LogP contribution in [-0.4, -0.2) is 21.4 Å². The van der Waals surface area contributed by atoms with E-state index in [4.69, 9.17) is 4.42 Å². The quantitative estimate of drug-likeness (QED) is 0.692. The summed E-state index contributed by atoms with van der Waals surface area (Å²) in [7, 11) is 1.87. The molecule has 0 bridgehead atoms. The van der Waals surface area contributed by atoms with Crippen LogP contribution in [0.3, 0.4) is 0 Å². The van der Waals surface area contributed by atoms with E-state index in [1.807, 2.05) is 50.4 Å². The SMILES string of the molecule is Cc1cc(C=C2C(=O)N(c3ccccc3)N=C2c2ccco2)nn1C. The van der Waals surface area contributed by atoms with Crippen LogP contribution in [0, 0.1) is 6.92 Å². The Balaban J connectivity index is 1.82. The second kappa shape index (κ2) is 5.90. The number of carbonyl (C=O) groups is 1. The number of hydrogen-bond donors (Lipinski definition) is 0. The zero-order chi connectivity index (χ0) is 17.4. The Kier molecular flexibility index (Phi) is 3.57. The number of aromatic nitrogens is 2. The Hall–Kier alpha value is -3.41. The minimum Gasteiger partial charge on any atom is -0.463 e. The van der Waals surface area contributed by atoms with E-state index in [2.05, 4.69) is 10.2 Å². The van der Waals surface area contributed by atoms with E-state index < -0.39 is 0 Å². The van der Waals surface area contributed by atoms with Gasteiger partial charge in [-0.05, 0) is 43.3 Å². The van der Waals surface area contributed by atoms with E-state index in [9.17, 15) is 4.79 Å². The van der Waals surface area contributed by atoms with Gasteiger partial charge in [0.15, 0.2) is 5.76 Å². The molecule has 1 aromatic carbocycles. The van der Waals surface area contributed by atoms with Gasteiger partial charge in [0.1, 0.15) is 5.71 Å². The van der Waals surface area contributed by atoms with Crippen molar-refractivity contribution in [1.29, 1.82) is 0 Å². The lowest BCUT2D eigenvalue weighted by Crippen LogP contribution is -2.21. The third-order valence-electron chi connectivity index (χ3n) is 4.06. The van der Waals surface area contributed by atoms with Crippen LogP contribution >= 0.6 is 0 Å². The molecule has 0 spiro atoms. The van der Waals surface area contributed by atoms with Crippen LogP contribution in [0.15, 0.2) is 69.9 Å². The summed E-state index contributed by atoms with van der Waals surface area (Å²) >= 11 is 0. The summed E-state index contributed by atoms with van der Waals surface area (Å²) < 4.78 is 7.24. The van der Waals surface area contributed by atoms with Gasteiger partial charge in [-0.15, -0.1) is 0 Å². The molecule has 1 aliphatic rings. The number of rotatable bonds is 3. The molecular formula is C19H16N4O2. The van der Waals surface area contributed by atoms with Gasteiger partial charge in [0.05, 0.1) is 23.2 Å². The van der Waals surface area contributed by atoms with Crippen molar-refractivity contribution in [1.82, 2.24) is 9.78 Å². The van der Waals surface area contributed by atoms with E-state index in [1.54, 1.807) is 29.2 Å². The lowest BCUT2D eigenvalue weighted by molar-refractivity contribution is -0.114. The monoisotopic (exact) mass is 332 g/mol. The fourth-order valence-corrected chi connectivity index (χ4v) is 2.69. The fourth-order valence-electron chi connectivity index (χ4n) is 2.69. The van der Waals surface area contributed by atoms with Crippen molar-refractivity contribution >= 4 is 23.4 Å².